The van der Waals surface area contributed by atoms with E-state index in [1.165, 1.54) is 0 Å². The fourth-order valence-electron chi connectivity index (χ4n) is 3.06. The third-order valence-corrected chi connectivity index (χ3v) is 4.16. The van der Waals surface area contributed by atoms with E-state index in [9.17, 15) is 9.59 Å². The minimum Gasteiger partial charge on any atom is -1.00 e. The minimum atomic E-state index is -0.275. The minimum absolute atomic E-state index is 0. The van der Waals surface area contributed by atoms with Gasteiger partial charge in [0.05, 0.1) is 19.3 Å². The van der Waals surface area contributed by atoms with Gasteiger partial charge in [-0.25, -0.2) is 9.36 Å². The summed E-state index contributed by atoms with van der Waals surface area (Å²) in [4.78, 5) is 28.8. The Morgan fingerprint density at radius 1 is 1.52 bits per heavy atom. The van der Waals surface area contributed by atoms with Crippen LogP contribution >= 0.6 is 0 Å². The van der Waals surface area contributed by atoms with Crippen LogP contribution in [0.1, 0.15) is 31.4 Å². The number of hydrogen-bond donors (Lipinski definition) is 1. The summed E-state index contributed by atoms with van der Waals surface area (Å²) in [5, 5.41) is 0. The Morgan fingerprint density at radius 2 is 2.30 bits per heavy atom. The number of imidazole rings is 1. The molecule has 1 fully saturated rings. The lowest BCUT2D eigenvalue weighted by Crippen LogP contribution is -3.00. The number of fused-ring (bicyclic) bond motifs is 1. The number of H-pyrrole nitrogens is 1. The summed E-state index contributed by atoms with van der Waals surface area (Å²) in [5.41, 5.74) is 1.35. The number of aryl methyl sites for hydroxylation is 1. The summed E-state index contributed by atoms with van der Waals surface area (Å²) in [7, 11) is 1.84. The van der Waals surface area contributed by atoms with Crippen LogP contribution in [0.4, 0.5) is 4.79 Å². The molecule has 7 nitrogen and oxygen atoms in total. The number of nitrogens with one attached hydrogen (secondary N) is 1. The lowest BCUT2D eigenvalue weighted by atomic mass is 9.95. The first-order valence-corrected chi connectivity index (χ1v) is 7.61. The van der Waals surface area contributed by atoms with Gasteiger partial charge in [0.15, 0.2) is 0 Å². The molecule has 1 unspecified atom stereocenters. The number of amides is 1. The average Bonchev–Trinajstić information content (AvgIpc) is 2.89. The summed E-state index contributed by atoms with van der Waals surface area (Å²) < 4.78 is 8.69. The van der Waals surface area contributed by atoms with Crippen molar-refractivity contribution in [1.29, 1.82) is 0 Å². The first-order chi connectivity index (χ1) is 10.6. The van der Waals surface area contributed by atoms with Crippen molar-refractivity contribution < 1.29 is 31.1 Å². The maximum Gasteiger partial charge on any atom is 0.409 e. The van der Waals surface area contributed by atoms with Crippen LogP contribution < -0.4 is 27.1 Å². The standard InChI is InChI=1S/C15H20N4O3.BrH/c1-3-22-15(21)19-6-4-5-11(9-19)12-10-18-8-7-17(2)14(18)13(20)16-12;/h7-8,10-11H,3-6,9H2,1-2H3;1H. The number of aromatic amines is 1. The Kier molecular flexibility index (Phi) is 5.46. The van der Waals surface area contributed by atoms with E-state index in [1.807, 2.05) is 30.0 Å². The molecule has 0 aromatic carbocycles. The monoisotopic (exact) mass is 384 g/mol. The number of likely N-dealkylation sites (tertiary alicyclic amines) is 1. The van der Waals surface area contributed by atoms with Crippen molar-refractivity contribution in [1.82, 2.24) is 14.3 Å². The van der Waals surface area contributed by atoms with Gasteiger partial charge < -0.3 is 31.6 Å². The number of nitrogens with zero attached hydrogens (tertiary/aromatic N) is 3. The second-order valence-electron chi connectivity index (χ2n) is 5.66. The van der Waals surface area contributed by atoms with E-state index >= 15 is 0 Å². The molecule has 3 rings (SSSR count). The molecule has 1 aliphatic rings. The lowest BCUT2D eigenvalue weighted by Gasteiger charge is -2.31. The van der Waals surface area contributed by atoms with Crippen molar-refractivity contribution in [2.45, 2.75) is 25.7 Å². The Balaban J connectivity index is 0.00000192. The molecule has 126 valence electrons. The van der Waals surface area contributed by atoms with E-state index < -0.39 is 0 Å². The summed E-state index contributed by atoms with van der Waals surface area (Å²) >= 11 is 0. The van der Waals surface area contributed by atoms with Crippen LogP contribution in [0.2, 0.25) is 0 Å². The van der Waals surface area contributed by atoms with Gasteiger partial charge in [-0.2, -0.15) is 4.40 Å². The molecular formula is C15H21BrN4O3. The average molecular weight is 385 g/mol. The van der Waals surface area contributed by atoms with Crippen molar-refractivity contribution in [3.8, 4) is 0 Å². The molecule has 0 aliphatic carbocycles. The van der Waals surface area contributed by atoms with E-state index in [2.05, 4.69) is 4.98 Å². The number of ether oxygens (including phenoxy) is 1. The number of carbonyl (C=O) groups excluding carboxylic acids is 1. The zero-order valence-corrected chi connectivity index (χ0v) is 14.9. The molecule has 8 heteroatoms. The first-order valence-electron chi connectivity index (χ1n) is 7.61. The van der Waals surface area contributed by atoms with Gasteiger partial charge >= 0.3 is 17.3 Å². The predicted molar refractivity (Wildman–Crippen MR) is 79.8 cm³/mol. The van der Waals surface area contributed by atoms with Gasteiger partial charge in [-0.3, -0.25) is 4.79 Å². The molecule has 0 radical (unpaired) electrons. The number of piperidine rings is 1. The highest BCUT2D eigenvalue weighted by atomic mass is 79.9. The number of carbonyl (C=O) groups is 1. The van der Waals surface area contributed by atoms with Gasteiger partial charge in [-0.15, -0.1) is 0 Å². The molecule has 3 heterocycles. The number of hydrogen-bond acceptors (Lipinski definition) is 3. The zero-order chi connectivity index (χ0) is 15.7. The van der Waals surface area contributed by atoms with Crippen LogP contribution in [0.5, 0.6) is 0 Å². The summed E-state index contributed by atoms with van der Waals surface area (Å²) in [5.74, 6) is 0.128. The van der Waals surface area contributed by atoms with Gasteiger partial charge in [0.2, 0.25) is 0 Å². The van der Waals surface area contributed by atoms with Gasteiger partial charge in [0.1, 0.15) is 18.6 Å². The highest BCUT2D eigenvalue weighted by molar-refractivity contribution is 5.67. The molecule has 0 bridgehead atoms. The Hall–Kier alpha value is -1.83. The number of rotatable bonds is 2. The smallest absolute Gasteiger partial charge is 0.409 e. The molecule has 2 aromatic rings. The van der Waals surface area contributed by atoms with Gasteiger partial charge in [-0.05, 0) is 19.8 Å². The van der Waals surface area contributed by atoms with Crippen LogP contribution in [0.25, 0.3) is 5.65 Å². The number of aromatic nitrogens is 3. The van der Waals surface area contributed by atoms with Crippen LogP contribution in [0, 0.1) is 0 Å². The maximum atomic E-state index is 12.2. The van der Waals surface area contributed by atoms with E-state index in [-0.39, 0.29) is 34.6 Å². The SMILES string of the molecule is CCOC(=O)N1CCCC(c2cn3cc[n+](C)c3c(=O)[nH]2)C1.[Br-]. The van der Waals surface area contributed by atoms with E-state index in [0.29, 0.717) is 25.3 Å². The summed E-state index contributed by atoms with van der Waals surface area (Å²) in [6, 6.07) is 0. The number of halogens is 1. The molecule has 0 spiro atoms. The molecule has 0 saturated carbocycles. The molecule has 1 amide bonds. The van der Waals surface area contributed by atoms with Crippen molar-refractivity contribution >= 4 is 11.7 Å². The summed E-state index contributed by atoms with van der Waals surface area (Å²) in [6.07, 6.45) is 7.23. The third kappa shape index (κ3) is 3.41. The fraction of sp³-hybridized carbons (Fsp3) is 0.533. The molecule has 2 aromatic heterocycles. The molecule has 23 heavy (non-hydrogen) atoms. The Morgan fingerprint density at radius 3 is 3.04 bits per heavy atom. The molecule has 1 N–H and O–H groups in total. The fourth-order valence-corrected chi connectivity index (χ4v) is 3.06. The highest BCUT2D eigenvalue weighted by Crippen LogP contribution is 2.25. The van der Waals surface area contributed by atoms with Crippen LogP contribution in [0.15, 0.2) is 23.4 Å². The second kappa shape index (κ2) is 7.16. The zero-order valence-electron chi connectivity index (χ0n) is 13.3. The van der Waals surface area contributed by atoms with Crippen LogP contribution in [0.3, 0.4) is 0 Å². The quantitative estimate of drug-likeness (QED) is 0.597. The van der Waals surface area contributed by atoms with Crippen molar-refractivity contribution in [2.75, 3.05) is 19.7 Å². The molecule has 1 aliphatic heterocycles. The van der Waals surface area contributed by atoms with Crippen LogP contribution in [-0.2, 0) is 11.8 Å². The Bertz CT molecular complexity index is 755. The summed E-state index contributed by atoms with van der Waals surface area (Å²) in [6.45, 7) is 3.47. The van der Waals surface area contributed by atoms with Crippen LogP contribution in [-0.4, -0.2) is 40.1 Å². The largest absolute Gasteiger partial charge is 1.00 e. The van der Waals surface area contributed by atoms with Gasteiger partial charge in [0.25, 0.3) is 0 Å². The first kappa shape index (κ1) is 17.5. The van der Waals surface area contributed by atoms with E-state index in [4.69, 9.17) is 4.74 Å². The van der Waals surface area contributed by atoms with Gasteiger partial charge in [-0.1, -0.05) is 0 Å². The normalized spacial score (nSPS) is 17.8. The van der Waals surface area contributed by atoms with Crippen molar-refractivity contribution in [3.05, 3.63) is 34.6 Å². The van der Waals surface area contributed by atoms with Crippen molar-refractivity contribution in [3.63, 3.8) is 0 Å². The maximum absolute atomic E-state index is 12.2. The molecule has 1 saturated heterocycles. The van der Waals surface area contributed by atoms with E-state index in [0.717, 1.165) is 18.5 Å². The topological polar surface area (TPSA) is 70.7 Å². The lowest BCUT2D eigenvalue weighted by molar-refractivity contribution is -0.645. The molecular weight excluding hydrogens is 364 g/mol. The van der Waals surface area contributed by atoms with E-state index in [1.54, 1.807) is 16.4 Å². The Labute approximate surface area is 144 Å². The van der Waals surface area contributed by atoms with Crippen molar-refractivity contribution in [2.24, 2.45) is 7.05 Å². The molecule has 1 atom stereocenters. The highest BCUT2D eigenvalue weighted by Gasteiger charge is 2.27. The third-order valence-electron chi connectivity index (χ3n) is 4.16. The van der Waals surface area contributed by atoms with Gasteiger partial charge in [0, 0.05) is 19.0 Å². The second-order valence-corrected chi connectivity index (χ2v) is 5.66. The predicted octanol–water partition coefficient (Wildman–Crippen LogP) is -2.21.